The number of pyridine rings is 5. The summed E-state index contributed by atoms with van der Waals surface area (Å²) >= 11 is 57.5. The summed E-state index contributed by atoms with van der Waals surface area (Å²) in [5.74, 6) is 7.45. The maximum atomic E-state index is 13.1. The van der Waals surface area contributed by atoms with Gasteiger partial charge in [-0.15, -0.1) is 9.32 Å². The summed E-state index contributed by atoms with van der Waals surface area (Å²) in [5.41, 5.74) is 73.2. The fourth-order valence-corrected chi connectivity index (χ4v) is 12.9. The smallest absolute Gasteiger partial charge is 0.220 e. The van der Waals surface area contributed by atoms with Crippen molar-refractivity contribution in [1.29, 1.82) is 0 Å². The Morgan fingerprint density at radius 3 is 1.25 bits per heavy atom. The molecule has 7 heterocycles. The lowest BCUT2D eigenvalue weighted by atomic mass is 10.1. The molecule has 8 aromatic carbocycles. The average Bonchev–Trinajstić information content (AvgIpc) is 0.850. The second-order valence-electron chi connectivity index (χ2n) is 30.2. The molecule has 0 amide bonds. The Bertz CT molecular complexity index is 5960. The molecule has 0 aliphatic carbocycles. The largest absolute Gasteiger partial charge is 0.399 e. The van der Waals surface area contributed by atoms with Crippen molar-refractivity contribution >= 4 is 204 Å². The van der Waals surface area contributed by atoms with Gasteiger partial charge in [0, 0.05) is 116 Å². The number of aromatic nitrogens is 9. The minimum absolute atomic E-state index is 0.0700. The van der Waals surface area contributed by atoms with E-state index >= 15 is 0 Å². The summed E-state index contributed by atoms with van der Waals surface area (Å²) in [6.07, 6.45) is 5.50. The van der Waals surface area contributed by atoms with E-state index in [1.165, 1.54) is 80.3 Å². The van der Waals surface area contributed by atoms with Crippen LogP contribution in [0.3, 0.4) is 0 Å². The molecule has 15 rings (SSSR count). The summed E-state index contributed by atoms with van der Waals surface area (Å²) in [7, 11) is 1.38. The van der Waals surface area contributed by atoms with Crippen molar-refractivity contribution in [3.8, 4) is 0 Å². The van der Waals surface area contributed by atoms with Crippen LogP contribution >= 0.6 is 140 Å². The minimum atomic E-state index is -0.900. The van der Waals surface area contributed by atoms with Gasteiger partial charge < -0.3 is 63.1 Å². The van der Waals surface area contributed by atoms with E-state index in [2.05, 4.69) is 74.1 Å². The molecule has 0 saturated carbocycles. The SMILES string of the molecule is COOSc1cc(Cl)cc(F)c1C.Cc1c(F)cc(Cl)cc1CON.Cc1c(F)cc(Cl)cc1SOON.Cc1c(N)cc(Cl)cc1F.Cc1cc(F)c(C)nc1N.Cc1cc(F)c(Cl)cn1.Cc1cc(F)c(F)cc1N.Cc1cc(N)c(Cl)cc1F.Cc1cc(N)cc(Cl)c1.Cc1cc(N)nc(Cl)c1.Cc1cc(N)ncc1F.Cc1cc(N)ncn1.Cc1ccc(Cl)c(N)c1.Cc1ccc(Cl)c(N)n1.Cc1ccnc(N)n1. The van der Waals surface area contributed by atoms with Crippen LogP contribution in [0.15, 0.2) is 199 Å². The van der Waals surface area contributed by atoms with Gasteiger partial charge in [-0.2, -0.15) is 10.2 Å². The quantitative estimate of drug-likeness (QED) is 0.0168. The normalized spacial score (nSPS) is 9.83. The van der Waals surface area contributed by atoms with Gasteiger partial charge in [0.25, 0.3) is 0 Å². The molecule has 7 aromatic heterocycles. The molecule has 26 N–H and O–H groups in total. The van der Waals surface area contributed by atoms with Crippen LogP contribution in [0, 0.1) is 169 Å². The number of hydrogen-bond donors (Lipinski definition) is 13. The van der Waals surface area contributed by atoms with Gasteiger partial charge >= 0.3 is 0 Å². The van der Waals surface area contributed by atoms with Gasteiger partial charge in [-0.25, -0.2) is 94.6 Å². The number of hydrogen-bond acceptors (Lipinski definition) is 29. The third-order valence-electron chi connectivity index (χ3n) is 17.7. The third kappa shape index (κ3) is 55.4. The second kappa shape index (κ2) is 70.1. The Morgan fingerprint density at radius 2 is 0.811 bits per heavy atom. The number of rotatable bonds is 8. The summed E-state index contributed by atoms with van der Waals surface area (Å²) < 4.78 is 135. The standard InChI is InChI=1S/C8H9ClFNO.C8H8ClFO2S.C7H7ClFNO2S.2C7H7ClFN.2C7H8ClN.C7H7F2N.C7H9FN2.C6H5ClFN.2C6H7ClN2.C6H7FN2.2C5H7N3/c1-5-6(4-12-11)2-7(9)3-8(5)10;1-5-7(10)3-6(9)4-8(5)13-12-11-2;1-4-6(9)2-5(8)3-7(4)13-12-11-10;1-4-6(9)2-5(8)3-7(4)10;1-4-2-7(10)5(8)3-6(4)9;1-5-2-6(8)4-7(9)3-5;1-5-2-3-6(8)7(9)4-5;1-4-2-5(8)6(9)3-7(4)10;1-4-3-6(8)5(2)10-7(4)9;1-4-2-6(8)5(7)3-9-4;1-4-2-5(7)9-6(8)3-4;1-4-2-3-5(7)6(8)9-4;1-4-2-6(8)9-3-5(4)7;1-4-2-5(6)8-3-7-4;1-4-2-3-7-5(6)8-4/h2-3H,4,11H2,1H3;3-4H,1-2H3;2-3H,10H2,1H3;2*2-3H,10H2,1H3;2*2-4H,9H2,1H3;2-3H,10H2,1H3;3H,1-2H3,(H2,9,10);2-3H,1H3;3*2-3H,1H3,(H2,8,9);2*2-3H,1H3,(H2,6,7,8). The Balaban J connectivity index is 0.000000794. The van der Waals surface area contributed by atoms with Gasteiger partial charge in [-0.3, -0.25) is 9.82 Å². The minimum Gasteiger partial charge on any atom is -0.399 e. The predicted octanol–water partition coefficient (Wildman–Crippen LogP) is 27.9. The van der Waals surface area contributed by atoms with E-state index in [0.717, 1.165) is 81.9 Å². The molecule has 0 unspecified atom stereocenters. The summed E-state index contributed by atoms with van der Waals surface area (Å²) in [6, 6.07) is 41.9. The maximum absolute atomic E-state index is 13.1. The number of benzene rings is 8. The van der Waals surface area contributed by atoms with E-state index in [9.17, 15) is 43.9 Å². The van der Waals surface area contributed by atoms with E-state index < -0.39 is 23.3 Å². The van der Waals surface area contributed by atoms with Crippen molar-refractivity contribution < 1.29 is 67.3 Å². The van der Waals surface area contributed by atoms with E-state index in [4.69, 9.17) is 185 Å². The van der Waals surface area contributed by atoms with Gasteiger partial charge in [0.05, 0.1) is 81.2 Å². The lowest BCUT2D eigenvalue weighted by Crippen LogP contribution is -2.01. The number of halogens is 20. The zero-order valence-electron chi connectivity index (χ0n) is 82.6. The molecular weight excluding hydrogens is 2190 g/mol. The lowest BCUT2D eigenvalue weighted by Gasteiger charge is -2.05. The molecule has 798 valence electrons. The Morgan fingerprint density at radius 1 is 0.304 bits per heavy atom. The van der Waals surface area contributed by atoms with Gasteiger partial charge in [0.1, 0.15) is 87.1 Å². The Hall–Kier alpha value is -11.9. The van der Waals surface area contributed by atoms with Gasteiger partial charge in [-0.1, -0.05) is 122 Å². The topological polar surface area (TPSA) is 500 Å². The Kier molecular flexibility index (Phi) is 63.6. The first-order chi connectivity index (χ1) is 69.1. The van der Waals surface area contributed by atoms with E-state index in [0.29, 0.717) is 164 Å². The first-order valence-corrected chi connectivity index (χ1v) is 47.2. The van der Waals surface area contributed by atoms with Crippen molar-refractivity contribution in [3.63, 3.8) is 0 Å². The molecule has 0 fully saturated rings. The fraction of sp³-hybridized carbons (Fsp3) is 0.182. The van der Waals surface area contributed by atoms with Crippen molar-refractivity contribution in [2.24, 2.45) is 11.8 Å². The first-order valence-electron chi connectivity index (χ1n) is 42.0. The number of aryl methyl sites for hydroxylation is 12. The highest BCUT2D eigenvalue weighted by Gasteiger charge is 2.13. The Labute approximate surface area is 910 Å². The zero-order chi connectivity index (χ0) is 113. The van der Waals surface area contributed by atoms with E-state index in [-0.39, 0.29) is 57.2 Å². The van der Waals surface area contributed by atoms with E-state index in [1.807, 2.05) is 71.9 Å². The van der Waals surface area contributed by atoms with Crippen LogP contribution in [-0.4, -0.2) is 52.0 Å². The average molecular weight is 2300 g/mol. The number of nitrogen functional groups attached to an aromatic ring is 11. The monoisotopic (exact) mass is 2290 g/mol. The van der Waals surface area contributed by atoms with Gasteiger partial charge in [0.15, 0.2) is 11.6 Å². The van der Waals surface area contributed by atoms with Crippen LogP contribution in [0.4, 0.5) is 107 Å². The van der Waals surface area contributed by atoms with Crippen molar-refractivity contribution in [2.45, 2.75) is 127 Å². The molecule has 0 atom stereocenters. The molecule has 148 heavy (non-hydrogen) atoms. The highest BCUT2D eigenvalue weighted by atomic mass is 35.5. The molecule has 15 aromatic rings. The van der Waals surface area contributed by atoms with Crippen molar-refractivity contribution in [1.82, 2.24) is 44.9 Å². The van der Waals surface area contributed by atoms with Crippen LogP contribution in [0.25, 0.3) is 0 Å². The van der Waals surface area contributed by atoms with Crippen LogP contribution in [0.1, 0.15) is 95.2 Å². The molecule has 0 aliphatic heterocycles. The van der Waals surface area contributed by atoms with E-state index in [1.54, 1.807) is 136 Å². The molecular formula is C99H110Cl10F10N22O5S2. The molecule has 0 saturated heterocycles. The number of nitrogens with two attached hydrogens (primary N) is 13. The molecule has 49 heteroatoms. The molecule has 0 aliphatic rings. The predicted molar refractivity (Wildman–Crippen MR) is 586 cm³/mol. The van der Waals surface area contributed by atoms with Crippen LogP contribution in [0.5, 0.6) is 0 Å². The molecule has 0 bridgehead atoms. The lowest BCUT2D eigenvalue weighted by molar-refractivity contribution is -0.195. The van der Waals surface area contributed by atoms with Crippen LogP contribution in [-0.2, 0) is 30.0 Å². The zero-order valence-corrected chi connectivity index (χ0v) is 91.7. The third-order valence-corrected chi connectivity index (χ3v) is 21.8. The summed E-state index contributed by atoms with van der Waals surface area (Å²) in [5, 5.41) is 3.95. The van der Waals surface area contributed by atoms with Crippen molar-refractivity contribution in [3.05, 3.63) is 392 Å². The first kappa shape index (κ1) is 134. The number of nitrogens with zero attached hydrogens (tertiary/aromatic N) is 9. The maximum Gasteiger partial charge on any atom is 0.220 e. The van der Waals surface area contributed by atoms with Gasteiger partial charge in [0.2, 0.25) is 5.95 Å². The molecule has 0 spiro atoms. The highest BCUT2D eigenvalue weighted by molar-refractivity contribution is 7.94. The summed E-state index contributed by atoms with van der Waals surface area (Å²) in [6.45, 7) is 28.1. The molecule has 0 radical (unpaired) electrons. The van der Waals surface area contributed by atoms with Crippen molar-refractivity contribution in [2.75, 3.05) is 70.2 Å². The fourth-order valence-electron chi connectivity index (χ4n) is 9.83. The summed E-state index contributed by atoms with van der Waals surface area (Å²) in [4.78, 5) is 47.7. The van der Waals surface area contributed by atoms with Crippen LogP contribution < -0.4 is 74.9 Å². The second-order valence-corrected chi connectivity index (χ2v) is 35.9. The van der Waals surface area contributed by atoms with Gasteiger partial charge in [-0.05, 0) is 306 Å². The van der Waals surface area contributed by atoms with Crippen LogP contribution in [0.2, 0.25) is 50.4 Å². The molecule has 27 nitrogen and oxygen atoms in total. The highest BCUT2D eigenvalue weighted by Crippen LogP contribution is 2.32. The number of anilines is 11.